The first-order chi connectivity index (χ1) is 11.4. The number of benzene rings is 1. The zero-order chi connectivity index (χ0) is 17.6. The van der Waals surface area contributed by atoms with Gasteiger partial charge in [0.25, 0.3) is 0 Å². The zero-order valence-corrected chi connectivity index (χ0v) is 12.9. The minimum atomic E-state index is -4.38. The first kappa shape index (κ1) is 17.7. The highest BCUT2D eigenvalue weighted by molar-refractivity contribution is 5.79. The Bertz CT molecular complexity index is 713. The second kappa shape index (κ2) is 7.76. The summed E-state index contributed by atoms with van der Waals surface area (Å²) in [6, 6.07) is 7.79. The third-order valence-electron chi connectivity index (χ3n) is 3.20. The number of hydrogen-bond donors (Lipinski definition) is 2. The van der Waals surface area contributed by atoms with E-state index >= 15 is 0 Å². The Kier molecular flexibility index (Phi) is 5.73. The largest absolute Gasteiger partial charge is 0.416 e. The van der Waals surface area contributed by atoms with Gasteiger partial charge in [-0.2, -0.15) is 13.2 Å². The molecule has 1 aromatic carbocycles. The maximum absolute atomic E-state index is 13.5. The van der Waals surface area contributed by atoms with E-state index in [0.29, 0.717) is 11.5 Å². The molecule has 0 aliphatic rings. The molecule has 2 rings (SSSR count). The Morgan fingerprint density at radius 1 is 1.12 bits per heavy atom. The summed E-state index contributed by atoms with van der Waals surface area (Å²) in [6.45, 7) is 0.253. The number of nitrogens with one attached hydrogen (secondary N) is 2. The predicted molar refractivity (Wildman–Crippen MR) is 82.7 cm³/mol. The Balaban J connectivity index is 1.94. The number of hydrogen-bond acceptors (Lipinski definition) is 2. The highest BCUT2D eigenvalue weighted by Gasteiger charge is 2.30. The Morgan fingerprint density at radius 2 is 1.88 bits per heavy atom. The summed E-state index contributed by atoms with van der Waals surface area (Å²) in [5, 5.41) is 5.73. The van der Waals surface area contributed by atoms with Crippen LogP contribution in [0.15, 0.2) is 47.6 Å². The van der Waals surface area contributed by atoms with E-state index in [1.807, 2.05) is 0 Å². The molecule has 0 saturated carbocycles. The molecule has 0 radical (unpaired) electrons. The fourth-order valence-corrected chi connectivity index (χ4v) is 1.98. The highest BCUT2D eigenvalue weighted by Crippen LogP contribution is 2.29. The molecule has 2 aromatic rings. The van der Waals surface area contributed by atoms with E-state index in [2.05, 4.69) is 20.6 Å². The van der Waals surface area contributed by atoms with Gasteiger partial charge in [-0.3, -0.25) is 9.98 Å². The van der Waals surface area contributed by atoms with Crippen molar-refractivity contribution in [3.8, 4) is 0 Å². The van der Waals surface area contributed by atoms with Crippen molar-refractivity contribution in [2.24, 2.45) is 4.99 Å². The van der Waals surface area contributed by atoms with Crippen LogP contribution in [0.2, 0.25) is 0 Å². The molecule has 1 aromatic heterocycles. The number of guanidine groups is 1. The Hall–Kier alpha value is -2.64. The van der Waals surface area contributed by atoms with Crippen molar-refractivity contribution in [3.05, 3.63) is 65.2 Å². The van der Waals surface area contributed by atoms with E-state index in [1.165, 1.54) is 31.4 Å². The molecule has 0 aliphatic heterocycles. The lowest BCUT2D eigenvalue weighted by molar-refractivity contribution is -0.137. The van der Waals surface area contributed by atoms with Crippen LogP contribution in [0.25, 0.3) is 0 Å². The molecule has 0 amide bonds. The molecule has 24 heavy (non-hydrogen) atoms. The number of aromatic nitrogens is 1. The fraction of sp³-hybridized carbons (Fsp3) is 0.250. The molecule has 0 bridgehead atoms. The minimum Gasteiger partial charge on any atom is -0.352 e. The molecule has 4 nitrogen and oxygen atoms in total. The van der Waals surface area contributed by atoms with Gasteiger partial charge in [0.2, 0.25) is 0 Å². The summed E-state index contributed by atoms with van der Waals surface area (Å²) >= 11 is 0. The lowest BCUT2D eigenvalue weighted by Crippen LogP contribution is -2.36. The van der Waals surface area contributed by atoms with Crippen LogP contribution in [0.1, 0.15) is 16.8 Å². The van der Waals surface area contributed by atoms with Gasteiger partial charge in [0.05, 0.1) is 17.8 Å². The first-order valence-corrected chi connectivity index (χ1v) is 7.10. The molecular formula is C16H16F4N4. The van der Waals surface area contributed by atoms with E-state index in [4.69, 9.17) is 0 Å². The summed E-state index contributed by atoms with van der Waals surface area (Å²) in [7, 11) is 1.51. The second-order valence-electron chi connectivity index (χ2n) is 4.91. The predicted octanol–water partition coefficient (Wildman–Crippen LogP) is 3.10. The van der Waals surface area contributed by atoms with Crippen LogP contribution in [0.4, 0.5) is 17.6 Å². The van der Waals surface area contributed by atoms with Gasteiger partial charge in [-0.05, 0) is 29.8 Å². The van der Waals surface area contributed by atoms with Crippen LogP contribution in [-0.4, -0.2) is 18.0 Å². The van der Waals surface area contributed by atoms with Gasteiger partial charge in [0.1, 0.15) is 5.82 Å². The molecule has 1 heterocycles. The van der Waals surface area contributed by atoms with Crippen molar-refractivity contribution >= 4 is 5.96 Å². The van der Waals surface area contributed by atoms with Gasteiger partial charge in [-0.25, -0.2) is 4.39 Å². The van der Waals surface area contributed by atoms with Crippen molar-refractivity contribution in [2.75, 3.05) is 7.05 Å². The van der Waals surface area contributed by atoms with E-state index < -0.39 is 17.6 Å². The fourth-order valence-electron chi connectivity index (χ4n) is 1.98. The summed E-state index contributed by atoms with van der Waals surface area (Å²) in [5.74, 6) is -0.115. The van der Waals surface area contributed by atoms with Gasteiger partial charge < -0.3 is 10.6 Å². The van der Waals surface area contributed by atoms with Crippen molar-refractivity contribution in [2.45, 2.75) is 19.3 Å². The lowest BCUT2D eigenvalue weighted by atomic mass is 10.1. The van der Waals surface area contributed by atoms with Crippen LogP contribution >= 0.6 is 0 Å². The molecule has 0 saturated heterocycles. The van der Waals surface area contributed by atoms with Gasteiger partial charge in [-0.15, -0.1) is 0 Å². The van der Waals surface area contributed by atoms with Gasteiger partial charge in [0, 0.05) is 19.8 Å². The van der Waals surface area contributed by atoms with Crippen molar-refractivity contribution in [3.63, 3.8) is 0 Å². The minimum absolute atomic E-state index is 0.106. The number of aliphatic imine (C=N–C) groups is 1. The summed E-state index contributed by atoms with van der Waals surface area (Å²) in [6.07, 6.45) is -2.91. The smallest absolute Gasteiger partial charge is 0.352 e. The summed E-state index contributed by atoms with van der Waals surface area (Å²) < 4.78 is 51.5. The van der Waals surface area contributed by atoms with Crippen molar-refractivity contribution < 1.29 is 17.6 Å². The monoisotopic (exact) mass is 340 g/mol. The summed E-state index contributed by atoms with van der Waals surface area (Å²) in [4.78, 5) is 7.84. The van der Waals surface area contributed by atoms with E-state index in [9.17, 15) is 17.6 Å². The lowest BCUT2D eigenvalue weighted by Gasteiger charge is -2.13. The molecule has 0 unspecified atom stereocenters. The van der Waals surface area contributed by atoms with Crippen LogP contribution in [0.5, 0.6) is 0 Å². The van der Waals surface area contributed by atoms with Gasteiger partial charge in [0.15, 0.2) is 5.96 Å². The first-order valence-electron chi connectivity index (χ1n) is 7.10. The van der Waals surface area contributed by atoms with Gasteiger partial charge >= 0.3 is 6.18 Å². The van der Waals surface area contributed by atoms with Crippen molar-refractivity contribution in [1.29, 1.82) is 0 Å². The number of halogens is 4. The second-order valence-corrected chi connectivity index (χ2v) is 4.91. The third-order valence-corrected chi connectivity index (χ3v) is 3.20. The average Bonchev–Trinajstić information content (AvgIpc) is 2.56. The Labute approximate surface area is 136 Å². The molecule has 8 heteroatoms. The van der Waals surface area contributed by atoms with Crippen LogP contribution in [-0.2, 0) is 19.3 Å². The highest BCUT2D eigenvalue weighted by atomic mass is 19.4. The molecule has 128 valence electrons. The van der Waals surface area contributed by atoms with Crippen LogP contribution in [0.3, 0.4) is 0 Å². The molecule has 0 atom stereocenters. The number of nitrogens with zero attached hydrogens (tertiary/aromatic N) is 2. The number of rotatable bonds is 4. The van der Waals surface area contributed by atoms with E-state index in [-0.39, 0.29) is 18.8 Å². The standard InChI is InChI=1S/C16H16F4N4/c1-21-15(24-10-14-13(17)6-3-7-22-14)23-9-11-4-2-5-12(8-11)16(18,19)20/h2-8H,9-10H2,1H3,(H2,21,23,24). The normalized spacial score (nSPS) is 12.1. The SMILES string of the molecule is CN=C(NCc1cccc(C(F)(F)F)c1)NCc1ncccc1F. The molecule has 2 N–H and O–H groups in total. The van der Waals surface area contributed by atoms with Crippen LogP contribution in [0, 0.1) is 5.82 Å². The molecule has 0 spiro atoms. The maximum Gasteiger partial charge on any atom is 0.416 e. The van der Waals surface area contributed by atoms with E-state index in [0.717, 1.165) is 12.1 Å². The number of alkyl halides is 3. The zero-order valence-electron chi connectivity index (χ0n) is 12.9. The van der Waals surface area contributed by atoms with Crippen LogP contribution < -0.4 is 10.6 Å². The molecule has 0 fully saturated rings. The maximum atomic E-state index is 13.5. The topological polar surface area (TPSA) is 49.3 Å². The molecule has 0 aliphatic carbocycles. The number of pyridine rings is 1. The Morgan fingerprint density at radius 3 is 2.54 bits per heavy atom. The van der Waals surface area contributed by atoms with Crippen molar-refractivity contribution in [1.82, 2.24) is 15.6 Å². The quantitative estimate of drug-likeness (QED) is 0.511. The summed E-state index contributed by atoms with van der Waals surface area (Å²) in [5.41, 5.74) is -0.0309. The van der Waals surface area contributed by atoms with Gasteiger partial charge in [-0.1, -0.05) is 12.1 Å². The average molecular weight is 340 g/mol. The third kappa shape index (κ3) is 4.94. The van der Waals surface area contributed by atoms with E-state index in [1.54, 1.807) is 6.07 Å². The molecular weight excluding hydrogens is 324 g/mol.